The van der Waals surface area contributed by atoms with Crippen molar-refractivity contribution in [2.45, 2.75) is 5.03 Å². The Bertz CT molecular complexity index is 517. The first-order chi connectivity index (χ1) is 8.27. The highest BCUT2D eigenvalue weighted by Crippen LogP contribution is 2.28. The highest BCUT2D eigenvalue weighted by molar-refractivity contribution is 8.00. The van der Waals surface area contributed by atoms with Gasteiger partial charge in [0, 0.05) is 11.8 Å². The van der Waals surface area contributed by atoms with Gasteiger partial charge in [0.25, 0.3) is 0 Å². The molecular weight excluding hydrogens is 236 g/mol. The molecule has 0 atom stereocenters. The van der Waals surface area contributed by atoms with Gasteiger partial charge in [-0.15, -0.1) is 0 Å². The number of rotatable bonds is 4. The highest BCUT2D eigenvalue weighted by Gasteiger charge is 2.08. The number of carbonyl (C=O) groups is 1. The number of aromatic nitrogens is 2. The summed E-state index contributed by atoms with van der Waals surface area (Å²) in [7, 11) is 0. The van der Waals surface area contributed by atoms with Crippen LogP contribution in [0.2, 0.25) is 0 Å². The van der Waals surface area contributed by atoms with E-state index in [0.717, 1.165) is 11.1 Å². The summed E-state index contributed by atoms with van der Waals surface area (Å²) in [5.41, 5.74) is 1.85. The van der Waals surface area contributed by atoms with Crippen molar-refractivity contribution in [3.63, 3.8) is 0 Å². The smallest absolute Gasteiger partial charge is 0.313 e. The van der Waals surface area contributed by atoms with E-state index >= 15 is 0 Å². The third kappa shape index (κ3) is 3.04. The van der Waals surface area contributed by atoms with Crippen LogP contribution in [0.5, 0.6) is 0 Å². The standard InChI is InChI=1S/C12H10N2O2S/c15-11(16)7-17-12-10(6-13-8-14-12)9-4-2-1-3-5-9/h1-6,8H,7H2,(H,15,16). The Morgan fingerprint density at radius 2 is 2.06 bits per heavy atom. The van der Waals surface area contributed by atoms with Crippen LogP contribution in [0.4, 0.5) is 0 Å². The number of hydrogen-bond acceptors (Lipinski definition) is 4. The molecular formula is C12H10N2O2S. The molecule has 2 aromatic rings. The lowest BCUT2D eigenvalue weighted by Gasteiger charge is -2.05. The van der Waals surface area contributed by atoms with Crippen LogP contribution in [0.15, 0.2) is 47.9 Å². The van der Waals surface area contributed by atoms with Crippen LogP contribution in [0.1, 0.15) is 0 Å². The second-order valence-electron chi connectivity index (χ2n) is 3.29. The largest absolute Gasteiger partial charge is 0.481 e. The van der Waals surface area contributed by atoms with Crippen LogP contribution >= 0.6 is 11.8 Å². The summed E-state index contributed by atoms with van der Waals surface area (Å²) < 4.78 is 0. The van der Waals surface area contributed by atoms with Crippen LogP contribution in [0.25, 0.3) is 11.1 Å². The Morgan fingerprint density at radius 3 is 2.76 bits per heavy atom. The van der Waals surface area contributed by atoms with Gasteiger partial charge in [-0.05, 0) is 5.56 Å². The fraction of sp³-hybridized carbons (Fsp3) is 0.0833. The predicted molar refractivity (Wildman–Crippen MR) is 65.8 cm³/mol. The van der Waals surface area contributed by atoms with Crippen LogP contribution in [-0.2, 0) is 4.79 Å². The van der Waals surface area contributed by atoms with Crippen molar-refractivity contribution in [1.29, 1.82) is 0 Å². The minimum absolute atomic E-state index is 0.00313. The lowest BCUT2D eigenvalue weighted by Crippen LogP contribution is -1.99. The molecule has 0 radical (unpaired) electrons. The number of thioether (sulfide) groups is 1. The van der Waals surface area contributed by atoms with E-state index in [1.807, 2.05) is 30.3 Å². The molecule has 86 valence electrons. The summed E-state index contributed by atoms with van der Waals surface area (Å²) in [5, 5.41) is 9.36. The van der Waals surface area contributed by atoms with Gasteiger partial charge in [-0.2, -0.15) is 0 Å². The molecule has 0 saturated carbocycles. The number of carboxylic acids is 1. The SMILES string of the molecule is O=C(O)CSc1ncncc1-c1ccccc1. The summed E-state index contributed by atoms with van der Waals surface area (Å²) >= 11 is 1.20. The van der Waals surface area contributed by atoms with Gasteiger partial charge >= 0.3 is 5.97 Å². The minimum Gasteiger partial charge on any atom is -0.481 e. The first-order valence-corrected chi connectivity index (χ1v) is 5.96. The van der Waals surface area contributed by atoms with Crippen molar-refractivity contribution in [2.75, 3.05) is 5.75 Å². The molecule has 4 nitrogen and oxygen atoms in total. The van der Waals surface area contributed by atoms with E-state index in [1.54, 1.807) is 6.20 Å². The summed E-state index contributed by atoms with van der Waals surface area (Å²) in [5.74, 6) is -0.857. The Morgan fingerprint density at radius 1 is 1.29 bits per heavy atom. The topological polar surface area (TPSA) is 63.1 Å². The number of aliphatic carboxylic acids is 1. The van der Waals surface area contributed by atoms with Crippen molar-refractivity contribution in [3.8, 4) is 11.1 Å². The fourth-order valence-corrected chi connectivity index (χ4v) is 2.09. The molecule has 1 aromatic heterocycles. The third-order valence-electron chi connectivity index (χ3n) is 2.09. The summed E-state index contributed by atoms with van der Waals surface area (Å²) in [6.45, 7) is 0. The van der Waals surface area contributed by atoms with Gasteiger partial charge in [-0.3, -0.25) is 4.79 Å². The van der Waals surface area contributed by atoms with Gasteiger partial charge in [0.05, 0.1) is 5.75 Å². The molecule has 0 aliphatic rings. The summed E-state index contributed by atoms with van der Waals surface area (Å²) in [4.78, 5) is 18.6. The maximum Gasteiger partial charge on any atom is 0.313 e. The third-order valence-corrected chi connectivity index (χ3v) is 3.08. The Labute approximate surface area is 103 Å². The fourth-order valence-electron chi connectivity index (χ4n) is 1.38. The molecule has 0 bridgehead atoms. The van der Waals surface area contributed by atoms with Gasteiger partial charge in [0.1, 0.15) is 11.4 Å². The Balaban J connectivity index is 2.31. The zero-order chi connectivity index (χ0) is 12.1. The van der Waals surface area contributed by atoms with Gasteiger partial charge < -0.3 is 5.11 Å². The number of benzene rings is 1. The molecule has 1 N–H and O–H groups in total. The van der Waals surface area contributed by atoms with Gasteiger partial charge in [-0.25, -0.2) is 9.97 Å². The lowest BCUT2D eigenvalue weighted by molar-refractivity contribution is -0.133. The normalized spacial score (nSPS) is 10.1. The molecule has 0 aliphatic carbocycles. The van der Waals surface area contributed by atoms with E-state index in [4.69, 9.17) is 5.11 Å². The average molecular weight is 246 g/mol. The Kier molecular flexibility index (Phi) is 3.72. The molecule has 0 fully saturated rings. The molecule has 0 unspecified atom stereocenters. The van der Waals surface area contributed by atoms with Gasteiger partial charge in [0.15, 0.2) is 0 Å². The molecule has 5 heteroatoms. The lowest BCUT2D eigenvalue weighted by atomic mass is 10.1. The molecule has 0 spiro atoms. The maximum absolute atomic E-state index is 10.6. The quantitative estimate of drug-likeness (QED) is 0.662. The second kappa shape index (κ2) is 5.45. The van der Waals surface area contributed by atoms with Gasteiger partial charge in [0.2, 0.25) is 0 Å². The number of nitrogens with zero attached hydrogens (tertiary/aromatic N) is 2. The second-order valence-corrected chi connectivity index (χ2v) is 4.25. The van der Waals surface area contributed by atoms with E-state index in [-0.39, 0.29) is 5.75 Å². The van der Waals surface area contributed by atoms with Crippen molar-refractivity contribution < 1.29 is 9.90 Å². The van der Waals surface area contributed by atoms with Gasteiger partial charge in [-0.1, -0.05) is 42.1 Å². The van der Waals surface area contributed by atoms with Crippen molar-refractivity contribution >= 4 is 17.7 Å². The van der Waals surface area contributed by atoms with Crippen LogP contribution in [-0.4, -0.2) is 26.8 Å². The van der Waals surface area contributed by atoms with Crippen LogP contribution < -0.4 is 0 Å². The maximum atomic E-state index is 10.6. The first-order valence-electron chi connectivity index (χ1n) is 4.97. The molecule has 1 aromatic carbocycles. The predicted octanol–water partition coefficient (Wildman–Crippen LogP) is 2.32. The zero-order valence-corrected chi connectivity index (χ0v) is 9.72. The molecule has 0 saturated heterocycles. The monoisotopic (exact) mass is 246 g/mol. The molecule has 0 amide bonds. The molecule has 2 rings (SSSR count). The van der Waals surface area contributed by atoms with Crippen LogP contribution in [0.3, 0.4) is 0 Å². The number of hydrogen-bond donors (Lipinski definition) is 1. The zero-order valence-electron chi connectivity index (χ0n) is 8.91. The van der Waals surface area contributed by atoms with E-state index in [9.17, 15) is 4.79 Å². The van der Waals surface area contributed by atoms with Crippen LogP contribution in [0, 0.1) is 0 Å². The van der Waals surface area contributed by atoms with E-state index in [0.29, 0.717) is 5.03 Å². The van der Waals surface area contributed by atoms with Crippen molar-refractivity contribution in [2.24, 2.45) is 0 Å². The van der Waals surface area contributed by atoms with E-state index < -0.39 is 5.97 Å². The molecule has 1 heterocycles. The average Bonchev–Trinajstić information content (AvgIpc) is 2.38. The molecule has 17 heavy (non-hydrogen) atoms. The summed E-state index contributed by atoms with van der Waals surface area (Å²) in [6.07, 6.45) is 3.13. The van der Waals surface area contributed by atoms with E-state index in [2.05, 4.69) is 9.97 Å². The minimum atomic E-state index is -0.854. The van der Waals surface area contributed by atoms with Crippen molar-refractivity contribution in [1.82, 2.24) is 9.97 Å². The van der Waals surface area contributed by atoms with Crippen molar-refractivity contribution in [3.05, 3.63) is 42.9 Å². The Hall–Kier alpha value is -1.88. The number of carboxylic acid groups (broad SMARTS) is 1. The highest BCUT2D eigenvalue weighted by atomic mass is 32.2. The summed E-state index contributed by atoms with van der Waals surface area (Å²) in [6, 6.07) is 9.67. The first kappa shape index (κ1) is 11.6. The van der Waals surface area contributed by atoms with E-state index in [1.165, 1.54) is 18.1 Å². The molecule has 0 aliphatic heterocycles.